The molecule has 0 saturated carbocycles. The molecule has 0 saturated heterocycles. The van der Waals surface area contributed by atoms with Gasteiger partial charge < -0.3 is 19.9 Å². The van der Waals surface area contributed by atoms with E-state index in [1.165, 1.54) is 0 Å². The van der Waals surface area contributed by atoms with Gasteiger partial charge in [-0.15, -0.1) is 0 Å². The molecule has 1 heterocycles. The molecule has 0 radical (unpaired) electrons. The number of ketones is 1. The molecule has 0 spiro atoms. The molecule has 1 aliphatic heterocycles. The molecule has 0 amide bonds. The molecular formula is C23H26BrNO5. The van der Waals surface area contributed by atoms with Crippen LogP contribution in [0.4, 0.5) is 0 Å². The summed E-state index contributed by atoms with van der Waals surface area (Å²) in [5.41, 5.74) is 7.14. The first-order valence-corrected chi connectivity index (χ1v) is 10.6. The number of benzene rings is 1. The van der Waals surface area contributed by atoms with Crippen molar-refractivity contribution in [3.05, 3.63) is 63.7 Å². The maximum Gasteiger partial charge on any atom is 0.340 e. The second-order valence-electron chi connectivity index (χ2n) is 8.09. The Morgan fingerprint density at radius 2 is 2.13 bits per heavy atom. The van der Waals surface area contributed by atoms with Gasteiger partial charge in [0, 0.05) is 28.5 Å². The number of carbonyl (C=O) groups excluding carboxylic acids is 2. The highest BCUT2D eigenvalue weighted by molar-refractivity contribution is 9.10. The minimum Gasteiger partial charge on any atom is -0.489 e. The van der Waals surface area contributed by atoms with Crippen LogP contribution in [0, 0.1) is 5.41 Å². The van der Waals surface area contributed by atoms with Gasteiger partial charge in [-0.05, 0) is 30.5 Å². The van der Waals surface area contributed by atoms with Crippen LogP contribution >= 0.6 is 15.9 Å². The predicted octanol–water partition coefficient (Wildman–Crippen LogP) is 4.50. The first-order valence-electron chi connectivity index (χ1n) is 9.82. The van der Waals surface area contributed by atoms with E-state index < -0.39 is 11.9 Å². The summed E-state index contributed by atoms with van der Waals surface area (Å²) < 4.78 is 17.7. The summed E-state index contributed by atoms with van der Waals surface area (Å²) in [5, 5.41) is 0. The molecule has 1 aromatic rings. The van der Waals surface area contributed by atoms with Crippen molar-refractivity contribution in [3.63, 3.8) is 0 Å². The Morgan fingerprint density at radius 1 is 1.40 bits per heavy atom. The molecule has 1 atom stereocenters. The molecule has 160 valence electrons. The molecule has 6 nitrogen and oxygen atoms in total. The summed E-state index contributed by atoms with van der Waals surface area (Å²) in [4.78, 5) is 26.1. The molecular weight excluding hydrogens is 450 g/mol. The van der Waals surface area contributed by atoms with E-state index in [0.717, 1.165) is 4.47 Å². The largest absolute Gasteiger partial charge is 0.489 e. The maximum absolute atomic E-state index is 13.2. The van der Waals surface area contributed by atoms with E-state index in [-0.39, 0.29) is 35.9 Å². The van der Waals surface area contributed by atoms with Crippen LogP contribution in [0.5, 0.6) is 5.75 Å². The number of ether oxygens (including phenoxy) is 3. The lowest BCUT2D eigenvalue weighted by molar-refractivity contribution is -0.139. The van der Waals surface area contributed by atoms with Gasteiger partial charge >= 0.3 is 5.97 Å². The third-order valence-corrected chi connectivity index (χ3v) is 5.58. The molecule has 1 aromatic carbocycles. The normalized spacial score (nSPS) is 20.4. The lowest BCUT2D eigenvalue weighted by Gasteiger charge is -2.38. The third kappa shape index (κ3) is 4.31. The van der Waals surface area contributed by atoms with Crippen LogP contribution < -0.4 is 10.5 Å². The van der Waals surface area contributed by atoms with E-state index in [4.69, 9.17) is 19.9 Å². The molecule has 7 heteroatoms. The molecule has 30 heavy (non-hydrogen) atoms. The average Bonchev–Trinajstić information content (AvgIpc) is 2.65. The maximum atomic E-state index is 13.2. The Kier molecular flexibility index (Phi) is 6.41. The smallest absolute Gasteiger partial charge is 0.340 e. The number of allylic oxidation sites excluding steroid dienone is 2. The average molecular weight is 476 g/mol. The SMILES string of the molecule is C=CCOc1ccc(Br)cc1C1C(C(=O)OCC)=C(N)OC2=C1C(=O)CC(C)(C)C2. The Morgan fingerprint density at radius 3 is 2.80 bits per heavy atom. The fraction of sp³-hybridized carbons (Fsp3) is 0.391. The summed E-state index contributed by atoms with van der Waals surface area (Å²) in [7, 11) is 0. The van der Waals surface area contributed by atoms with Crippen molar-refractivity contribution in [2.24, 2.45) is 11.1 Å². The minimum atomic E-state index is -0.742. The second kappa shape index (κ2) is 8.68. The fourth-order valence-corrected chi connectivity index (χ4v) is 4.31. The van der Waals surface area contributed by atoms with Gasteiger partial charge in [0.05, 0.1) is 12.5 Å². The number of rotatable bonds is 6. The van der Waals surface area contributed by atoms with Crippen molar-refractivity contribution in [2.45, 2.75) is 39.5 Å². The zero-order valence-corrected chi connectivity index (χ0v) is 19.0. The van der Waals surface area contributed by atoms with Crippen LogP contribution in [0.3, 0.4) is 0 Å². The molecule has 1 unspecified atom stereocenters. The van der Waals surface area contributed by atoms with E-state index in [1.54, 1.807) is 19.1 Å². The number of hydrogen-bond donors (Lipinski definition) is 1. The summed E-state index contributed by atoms with van der Waals surface area (Å²) in [5.74, 6) is -0.439. The lowest BCUT2D eigenvalue weighted by atomic mass is 9.70. The summed E-state index contributed by atoms with van der Waals surface area (Å²) in [6.07, 6.45) is 2.52. The van der Waals surface area contributed by atoms with Gasteiger partial charge in [-0.1, -0.05) is 42.4 Å². The number of hydrogen-bond acceptors (Lipinski definition) is 6. The first-order chi connectivity index (χ1) is 14.2. The van der Waals surface area contributed by atoms with Gasteiger partial charge in [0.15, 0.2) is 5.78 Å². The molecule has 0 fully saturated rings. The van der Waals surface area contributed by atoms with Gasteiger partial charge in [-0.25, -0.2) is 4.79 Å². The van der Waals surface area contributed by atoms with Gasteiger partial charge in [0.25, 0.3) is 0 Å². The fourth-order valence-electron chi connectivity index (χ4n) is 3.93. The number of Topliss-reactive ketones (excluding diaryl/α,β-unsaturated/α-hetero) is 1. The van der Waals surface area contributed by atoms with Crippen LogP contribution in [-0.2, 0) is 19.1 Å². The van der Waals surface area contributed by atoms with Crippen molar-refractivity contribution in [3.8, 4) is 5.75 Å². The van der Waals surface area contributed by atoms with Crippen LogP contribution in [0.2, 0.25) is 0 Å². The first kappa shape index (κ1) is 22.2. The monoisotopic (exact) mass is 475 g/mol. The number of halogens is 1. The molecule has 0 bridgehead atoms. The molecule has 0 aromatic heterocycles. The van der Waals surface area contributed by atoms with Crippen molar-refractivity contribution in [1.29, 1.82) is 0 Å². The van der Waals surface area contributed by atoms with Crippen LogP contribution in [-0.4, -0.2) is 25.0 Å². The Bertz CT molecular complexity index is 960. The Balaban J connectivity index is 2.24. The number of esters is 1. The van der Waals surface area contributed by atoms with Crippen LogP contribution in [0.25, 0.3) is 0 Å². The standard InChI is InChI=1S/C23H26BrNO5/c1-5-9-29-16-8-7-13(24)10-14(16)18-19-15(26)11-23(3,4)12-17(19)30-21(25)20(18)22(27)28-6-2/h5,7-8,10,18H,1,6,9,11-12,25H2,2-4H3. The minimum absolute atomic E-state index is 0.0441. The second-order valence-corrected chi connectivity index (χ2v) is 9.01. The van der Waals surface area contributed by atoms with Crippen LogP contribution in [0.15, 0.2) is 58.1 Å². The zero-order chi connectivity index (χ0) is 22.1. The summed E-state index contributed by atoms with van der Waals surface area (Å²) in [6, 6.07) is 5.45. The van der Waals surface area contributed by atoms with E-state index in [0.29, 0.717) is 35.5 Å². The van der Waals surface area contributed by atoms with Gasteiger partial charge in [0.1, 0.15) is 23.7 Å². The quantitative estimate of drug-likeness (QED) is 0.481. The van der Waals surface area contributed by atoms with Crippen molar-refractivity contribution in [2.75, 3.05) is 13.2 Å². The number of nitrogens with two attached hydrogens (primary N) is 1. The molecule has 1 aliphatic carbocycles. The third-order valence-electron chi connectivity index (χ3n) is 5.09. The highest BCUT2D eigenvalue weighted by Crippen LogP contribution is 2.50. The van der Waals surface area contributed by atoms with Crippen LogP contribution in [0.1, 0.15) is 45.1 Å². The predicted molar refractivity (Wildman–Crippen MR) is 117 cm³/mol. The number of carbonyl (C=O) groups is 2. The van der Waals surface area contributed by atoms with Gasteiger partial charge in [-0.3, -0.25) is 4.79 Å². The van der Waals surface area contributed by atoms with Crippen molar-refractivity contribution < 1.29 is 23.8 Å². The zero-order valence-electron chi connectivity index (χ0n) is 17.4. The topological polar surface area (TPSA) is 87.8 Å². The van der Waals surface area contributed by atoms with Gasteiger partial charge in [-0.2, -0.15) is 0 Å². The summed E-state index contributed by atoms with van der Waals surface area (Å²) in [6.45, 7) is 9.86. The Hall–Kier alpha value is -2.54. The molecule has 2 N–H and O–H groups in total. The van der Waals surface area contributed by atoms with E-state index in [9.17, 15) is 9.59 Å². The lowest BCUT2D eigenvalue weighted by Crippen LogP contribution is -2.35. The van der Waals surface area contributed by atoms with E-state index >= 15 is 0 Å². The molecule has 3 rings (SSSR count). The van der Waals surface area contributed by atoms with Crippen molar-refractivity contribution >= 4 is 27.7 Å². The molecule has 2 aliphatic rings. The summed E-state index contributed by atoms with van der Waals surface area (Å²) >= 11 is 3.48. The Labute approximate surface area is 184 Å². The highest BCUT2D eigenvalue weighted by Gasteiger charge is 2.45. The van der Waals surface area contributed by atoms with E-state index in [1.807, 2.05) is 26.0 Å². The van der Waals surface area contributed by atoms with E-state index in [2.05, 4.69) is 22.5 Å². The highest BCUT2D eigenvalue weighted by atomic mass is 79.9. The van der Waals surface area contributed by atoms with Gasteiger partial charge in [0.2, 0.25) is 5.88 Å². The van der Waals surface area contributed by atoms with Crippen molar-refractivity contribution in [1.82, 2.24) is 0 Å².